The van der Waals surface area contributed by atoms with Crippen molar-refractivity contribution in [2.24, 2.45) is 5.92 Å². The molecular weight excluding hydrogens is 304 g/mol. The minimum atomic E-state index is -0.320. The van der Waals surface area contributed by atoms with E-state index in [1.807, 2.05) is 20.1 Å². The molecule has 0 saturated carbocycles. The molecule has 0 amide bonds. The van der Waals surface area contributed by atoms with Gasteiger partial charge in [-0.3, -0.25) is 0 Å². The topological polar surface area (TPSA) is 52.1 Å². The summed E-state index contributed by atoms with van der Waals surface area (Å²) in [6.07, 6.45) is 1.91. The molecule has 4 nitrogen and oxygen atoms in total. The monoisotopic (exact) mass is 316 g/mol. The van der Waals surface area contributed by atoms with E-state index >= 15 is 0 Å². The van der Waals surface area contributed by atoms with Crippen LogP contribution in [0, 0.1) is 5.92 Å². The molecule has 0 N–H and O–H groups in total. The van der Waals surface area contributed by atoms with E-state index in [4.69, 9.17) is 16.3 Å². The van der Waals surface area contributed by atoms with E-state index in [0.717, 1.165) is 10.4 Å². The minimum Gasteiger partial charge on any atom is -0.461 e. The highest BCUT2D eigenvalue weighted by Gasteiger charge is 2.16. The fourth-order valence-corrected chi connectivity index (χ4v) is 3.25. The Kier molecular flexibility index (Phi) is 4.65. The van der Waals surface area contributed by atoms with E-state index < -0.39 is 0 Å². The van der Waals surface area contributed by atoms with Gasteiger partial charge in [0.15, 0.2) is 0 Å². The van der Waals surface area contributed by atoms with Crippen LogP contribution in [0.1, 0.15) is 23.5 Å². The zero-order valence-corrected chi connectivity index (χ0v) is 13.2. The molecule has 0 saturated heterocycles. The minimum absolute atomic E-state index is 0.195. The van der Waals surface area contributed by atoms with Gasteiger partial charge < -0.3 is 4.74 Å². The number of rotatable bonds is 4. The zero-order chi connectivity index (χ0) is 14.0. The van der Waals surface area contributed by atoms with E-state index in [2.05, 4.69) is 9.97 Å². The van der Waals surface area contributed by atoms with Gasteiger partial charge in [0, 0.05) is 5.39 Å². The van der Waals surface area contributed by atoms with Crippen LogP contribution in [0.25, 0.3) is 10.2 Å². The number of carbonyl (C=O) groups excluding carboxylic acids is 1. The van der Waals surface area contributed by atoms with Crippen molar-refractivity contribution in [3.05, 3.63) is 16.2 Å². The fraction of sp³-hybridized carbons (Fsp3) is 0.417. The molecule has 0 fully saturated rings. The number of aromatic nitrogens is 2. The summed E-state index contributed by atoms with van der Waals surface area (Å²) in [6.45, 7) is 4.40. The van der Waals surface area contributed by atoms with E-state index in [1.165, 1.54) is 23.1 Å². The maximum Gasteiger partial charge on any atom is 0.348 e. The standard InChI is InChI=1S/C12H13ClN2O2S2/c1-6(2)5-17-11(16)8-4-7-9(18-3)14-12(13)15-10(7)19-8/h4,6H,5H2,1-3H3. The van der Waals surface area contributed by atoms with Gasteiger partial charge in [-0.1, -0.05) is 13.8 Å². The number of esters is 1. The quantitative estimate of drug-likeness (QED) is 0.371. The molecule has 0 spiro atoms. The first-order valence-electron chi connectivity index (χ1n) is 5.69. The molecule has 2 rings (SSSR count). The predicted octanol–water partition coefficient (Wildman–Crippen LogP) is 3.88. The van der Waals surface area contributed by atoms with Crippen molar-refractivity contribution in [2.45, 2.75) is 18.9 Å². The number of thiophene rings is 1. The summed E-state index contributed by atoms with van der Waals surface area (Å²) < 4.78 is 5.21. The summed E-state index contributed by atoms with van der Waals surface area (Å²) in [5.41, 5.74) is 0. The number of fused-ring (bicyclic) bond motifs is 1. The van der Waals surface area contributed by atoms with Gasteiger partial charge in [0.1, 0.15) is 14.7 Å². The first-order valence-corrected chi connectivity index (χ1v) is 8.11. The number of carbonyl (C=O) groups is 1. The Balaban J connectivity index is 2.33. The average molecular weight is 317 g/mol. The Bertz CT molecular complexity index is 613. The highest BCUT2D eigenvalue weighted by Crippen LogP contribution is 2.31. The number of thioether (sulfide) groups is 1. The molecule has 2 aromatic heterocycles. The van der Waals surface area contributed by atoms with Crippen LogP contribution in [-0.2, 0) is 4.74 Å². The first-order chi connectivity index (χ1) is 9.01. The normalized spacial score (nSPS) is 11.2. The van der Waals surface area contributed by atoms with Crippen molar-refractivity contribution >= 4 is 50.9 Å². The first kappa shape index (κ1) is 14.6. The van der Waals surface area contributed by atoms with Crippen LogP contribution in [0.2, 0.25) is 5.28 Å². The Hall–Kier alpha value is -0.850. The van der Waals surface area contributed by atoms with Crippen LogP contribution in [0.15, 0.2) is 11.1 Å². The molecule has 2 heterocycles. The van der Waals surface area contributed by atoms with Gasteiger partial charge in [-0.25, -0.2) is 14.8 Å². The van der Waals surface area contributed by atoms with Gasteiger partial charge in [-0.2, -0.15) is 0 Å². The zero-order valence-electron chi connectivity index (χ0n) is 10.8. The van der Waals surface area contributed by atoms with Crippen molar-refractivity contribution in [2.75, 3.05) is 12.9 Å². The molecule has 0 aliphatic rings. The summed E-state index contributed by atoms with van der Waals surface area (Å²) in [5, 5.41) is 1.81. The molecule has 0 aliphatic carbocycles. The van der Waals surface area contributed by atoms with Gasteiger partial charge >= 0.3 is 5.97 Å². The third-order valence-electron chi connectivity index (χ3n) is 2.27. The van der Waals surface area contributed by atoms with Crippen LogP contribution in [0.5, 0.6) is 0 Å². The second-order valence-corrected chi connectivity index (χ2v) is 6.49. The molecule has 19 heavy (non-hydrogen) atoms. The van der Waals surface area contributed by atoms with Crippen LogP contribution in [-0.4, -0.2) is 28.8 Å². The Morgan fingerprint density at radius 3 is 2.89 bits per heavy atom. The Morgan fingerprint density at radius 1 is 1.53 bits per heavy atom. The molecule has 102 valence electrons. The molecule has 0 atom stereocenters. The van der Waals surface area contributed by atoms with Crippen molar-refractivity contribution in [3.8, 4) is 0 Å². The smallest absolute Gasteiger partial charge is 0.348 e. The molecule has 0 aliphatic heterocycles. The lowest BCUT2D eigenvalue weighted by atomic mass is 10.2. The molecule has 0 aromatic carbocycles. The van der Waals surface area contributed by atoms with Crippen molar-refractivity contribution < 1.29 is 9.53 Å². The maximum absolute atomic E-state index is 11.9. The van der Waals surface area contributed by atoms with Gasteiger partial charge in [-0.15, -0.1) is 23.1 Å². The fourth-order valence-electron chi connectivity index (χ4n) is 1.44. The summed E-state index contributed by atoms with van der Waals surface area (Å²) in [4.78, 5) is 21.4. The van der Waals surface area contributed by atoms with E-state index in [0.29, 0.717) is 22.2 Å². The summed E-state index contributed by atoms with van der Waals surface area (Å²) in [5.74, 6) is -0.00537. The number of hydrogen-bond acceptors (Lipinski definition) is 6. The Labute approximate surface area is 124 Å². The highest BCUT2D eigenvalue weighted by molar-refractivity contribution is 7.98. The summed E-state index contributed by atoms with van der Waals surface area (Å²) in [7, 11) is 0. The second kappa shape index (κ2) is 6.07. The van der Waals surface area contributed by atoms with Crippen LogP contribution >= 0.6 is 34.7 Å². The van der Waals surface area contributed by atoms with Crippen molar-refractivity contribution in [3.63, 3.8) is 0 Å². The lowest BCUT2D eigenvalue weighted by Gasteiger charge is -2.04. The molecule has 0 radical (unpaired) electrons. The highest BCUT2D eigenvalue weighted by atomic mass is 35.5. The van der Waals surface area contributed by atoms with Gasteiger partial charge in [0.2, 0.25) is 5.28 Å². The number of halogens is 1. The van der Waals surface area contributed by atoms with Gasteiger partial charge in [0.05, 0.1) is 6.61 Å². The molecule has 2 aromatic rings. The number of hydrogen-bond donors (Lipinski definition) is 0. The third kappa shape index (κ3) is 3.38. The van der Waals surface area contributed by atoms with Crippen molar-refractivity contribution in [1.29, 1.82) is 0 Å². The summed E-state index contributed by atoms with van der Waals surface area (Å²) >= 11 is 8.60. The lowest BCUT2D eigenvalue weighted by Crippen LogP contribution is -2.08. The van der Waals surface area contributed by atoms with Crippen LogP contribution in [0.3, 0.4) is 0 Å². The van der Waals surface area contributed by atoms with Crippen molar-refractivity contribution in [1.82, 2.24) is 9.97 Å². The van der Waals surface area contributed by atoms with Crippen LogP contribution in [0.4, 0.5) is 0 Å². The molecule has 7 heteroatoms. The second-order valence-electron chi connectivity index (χ2n) is 4.32. The van der Waals surface area contributed by atoms with E-state index in [9.17, 15) is 4.79 Å². The Morgan fingerprint density at radius 2 is 2.26 bits per heavy atom. The summed E-state index contributed by atoms with van der Waals surface area (Å²) in [6, 6.07) is 1.77. The molecule has 0 unspecified atom stereocenters. The number of nitrogens with zero attached hydrogens (tertiary/aromatic N) is 2. The molecule has 0 bridgehead atoms. The largest absolute Gasteiger partial charge is 0.461 e. The third-order valence-corrected chi connectivity index (χ3v) is 4.15. The van der Waals surface area contributed by atoms with Crippen LogP contribution < -0.4 is 0 Å². The number of ether oxygens (including phenoxy) is 1. The van der Waals surface area contributed by atoms with Gasteiger partial charge in [0.25, 0.3) is 0 Å². The molecular formula is C12H13ClN2O2S2. The van der Waals surface area contributed by atoms with Gasteiger partial charge in [-0.05, 0) is 29.8 Å². The average Bonchev–Trinajstić information content (AvgIpc) is 2.78. The SMILES string of the molecule is CSc1nc(Cl)nc2sc(C(=O)OCC(C)C)cc12. The van der Waals surface area contributed by atoms with E-state index in [-0.39, 0.29) is 11.3 Å². The predicted molar refractivity (Wildman–Crippen MR) is 79.3 cm³/mol. The van der Waals surface area contributed by atoms with E-state index in [1.54, 1.807) is 6.07 Å². The maximum atomic E-state index is 11.9. The lowest BCUT2D eigenvalue weighted by molar-refractivity contribution is 0.0465.